The Morgan fingerprint density at radius 1 is 1.16 bits per heavy atom. The fourth-order valence-corrected chi connectivity index (χ4v) is 4.50. The number of benzene rings is 1. The van der Waals surface area contributed by atoms with Gasteiger partial charge in [-0.05, 0) is 63.4 Å². The van der Waals surface area contributed by atoms with Gasteiger partial charge in [-0.15, -0.1) is 0 Å². The van der Waals surface area contributed by atoms with Crippen LogP contribution in [0.4, 0.5) is 17.6 Å². The van der Waals surface area contributed by atoms with Gasteiger partial charge in [0, 0.05) is 31.2 Å². The van der Waals surface area contributed by atoms with Crippen LogP contribution in [-0.4, -0.2) is 47.4 Å². The highest BCUT2D eigenvalue weighted by Gasteiger charge is 2.35. The topological polar surface area (TPSA) is 45.9 Å². The predicted octanol–water partition coefficient (Wildman–Crippen LogP) is 5.11. The average Bonchev–Trinajstić information content (AvgIpc) is 3.48. The van der Waals surface area contributed by atoms with Crippen molar-refractivity contribution < 1.29 is 31.5 Å². The molecule has 174 valence electrons. The van der Waals surface area contributed by atoms with Gasteiger partial charge in [-0.3, -0.25) is 9.69 Å². The second-order valence-electron chi connectivity index (χ2n) is 8.47. The number of amides is 1. The van der Waals surface area contributed by atoms with Crippen molar-refractivity contribution >= 4 is 5.91 Å². The van der Waals surface area contributed by atoms with E-state index in [4.69, 9.17) is 9.15 Å². The van der Waals surface area contributed by atoms with Gasteiger partial charge in [-0.1, -0.05) is 0 Å². The summed E-state index contributed by atoms with van der Waals surface area (Å²) in [5.74, 6) is -2.11. The molecule has 0 N–H and O–H groups in total. The van der Waals surface area contributed by atoms with Gasteiger partial charge in [-0.25, -0.2) is 4.39 Å². The molecule has 2 atom stereocenters. The molecule has 0 radical (unpaired) electrons. The molecule has 2 aromatic rings. The minimum Gasteiger partial charge on any atom is -0.486 e. The number of carbonyl (C=O) groups excluding carboxylic acids is 1. The zero-order chi connectivity index (χ0) is 22.9. The quantitative estimate of drug-likeness (QED) is 0.570. The zero-order valence-corrected chi connectivity index (χ0v) is 17.8. The summed E-state index contributed by atoms with van der Waals surface area (Å²) in [6.45, 7) is 4.34. The Balaban J connectivity index is 1.39. The third-order valence-electron chi connectivity index (χ3n) is 6.27. The van der Waals surface area contributed by atoms with Crippen molar-refractivity contribution in [2.24, 2.45) is 0 Å². The Morgan fingerprint density at radius 2 is 1.94 bits per heavy atom. The fourth-order valence-electron chi connectivity index (χ4n) is 4.50. The minimum absolute atomic E-state index is 0.0314. The van der Waals surface area contributed by atoms with E-state index in [1.165, 1.54) is 12.1 Å². The maximum atomic E-state index is 14.7. The SMILES string of the molecule is CC1CCCN1CC1CCCN1C(=O)c1ccc(OCc2ccc(C(F)(F)F)o2)cc1F. The highest BCUT2D eigenvalue weighted by molar-refractivity contribution is 5.95. The van der Waals surface area contributed by atoms with E-state index < -0.39 is 17.8 Å². The molecule has 0 spiro atoms. The first-order chi connectivity index (χ1) is 15.2. The predicted molar refractivity (Wildman–Crippen MR) is 109 cm³/mol. The van der Waals surface area contributed by atoms with Crippen molar-refractivity contribution in [2.45, 2.75) is 57.5 Å². The summed E-state index contributed by atoms with van der Waals surface area (Å²) in [7, 11) is 0. The lowest BCUT2D eigenvalue weighted by Gasteiger charge is -2.31. The van der Waals surface area contributed by atoms with Gasteiger partial charge >= 0.3 is 6.18 Å². The van der Waals surface area contributed by atoms with Crippen LogP contribution in [0.3, 0.4) is 0 Å². The molecule has 3 heterocycles. The molecule has 0 saturated carbocycles. The lowest BCUT2D eigenvalue weighted by molar-refractivity contribution is -0.153. The first-order valence-corrected chi connectivity index (χ1v) is 10.9. The molecular weight excluding hydrogens is 428 g/mol. The molecule has 4 rings (SSSR count). The number of hydrogen-bond donors (Lipinski definition) is 0. The van der Waals surface area contributed by atoms with Crippen LogP contribution in [0.1, 0.15) is 54.5 Å². The van der Waals surface area contributed by atoms with Crippen LogP contribution in [0.2, 0.25) is 0 Å². The van der Waals surface area contributed by atoms with E-state index in [-0.39, 0.29) is 35.6 Å². The molecule has 0 bridgehead atoms. The maximum Gasteiger partial charge on any atom is 0.449 e. The van der Waals surface area contributed by atoms with Crippen LogP contribution < -0.4 is 4.74 Å². The summed E-state index contributed by atoms with van der Waals surface area (Å²) in [6, 6.07) is 6.43. The molecule has 9 heteroatoms. The van der Waals surface area contributed by atoms with Crippen LogP contribution in [0.25, 0.3) is 0 Å². The molecule has 1 aromatic carbocycles. The Kier molecular flexibility index (Phi) is 6.46. The summed E-state index contributed by atoms with van der Waals surface area (Å²) >= 11 is 0. The van der Waals surface area contributed by atoms with Crippen molar-refractivity contribution in [1.82, 2.24) is 9.80 Å². The number of ether oxygens (including phenoxy) is 1. The number of halogens is 4. The van der Waals surface area contributed by atoms with Crippen molar-refractivity contribution in [1.29, 1.82) is 0 Å². The van der Waals surface area contributed by atoms with E-state index in [9.17, 15) is 22.4 Å². The second-order valence-corrected chi connectivity index (χ2v) is 8.47. The Labute approximate surface area is 183 Å². The lowest BCUT2D eigenvalue weighted by atomic mass is 10.1. The molecular formula is C23H26F4N2O3. The molecule has 32 heavy (non-hydrogen) atoms. The third kappa shape index (κ3) is 4.92. The van der Waals surface area contributed by atoms with Crippen molar-refractivity contribution in [3.05, 3.63) is 53.2 Å². The molecule has 0 aliphatic carbocycles. The first-order valence-electron chi connectivity index (χ1n) is 10.9. The molecule has 1 aromatic heterocycles. The Hall–Kier alpha value is -2.55. The molecule has 1 amide bonds. The van der Waals surface area contributed by atoms with Gasteiger partial charge in [-0.2, -0.15) is 13.2 Å². The molecule has 5 nitrogen and oxygen atoms in total. The van der Waals surface area contributed by atoms with Crippen LogP contribution >= 0.6 is 0 Å². The van der Waals surface area contributed by atoms with E-state index in [0.29, 0.717) is 12.6 Å². The van der Waals surface area contributed by atoms with Crippen LogP contribution in [0.5, 0.6) is 5.75 Å². The van der Waals surface area contributed by atoms with Gasteiger partial charge in [0.2, 0.25) is 5.76 Å². The minimum atomic E-state index is -4.58. The van der Waals surface area contributed by atoms with Crippen molar-refractivity contribution in [3.63, 3.8) is 0 Å². The Bertz CT molecular complexity index is 959. The third-order valence-corrected chi connectivity index (χ3v) is 6.27. The molecule has 2 aliphatic heterocycles. The summed E-state index contributed by atoms with van der Waals surface area (Å²) in [5.41, 5.74) is -0.0314. The van der Waals surface area contributed by atoms with Crippen molar-refractivity contribution in [2.75, 3.05) is 19.6 Å². The normalized spacial score (nSPS) is 22.0. The van der Waals surface area contributed by atoms with E-state index >= 15 is 0 Å². The van der Waals surface area contributed by atoms with Gasteiger partial charge in [0.15, 0.2) is 0 Å². The highest BCUT2D eigenvalue weighted by Crippen LogP contribution is 2.31. The number of furan rings is 1. The molecule has 2 aliphatic rings. The number of alkyl halides is 3. The summed E-state index contributed by atoms with van der Waals surface area (Å²) < 4.78 is 62.6. The first kappa shape index (κ1) is 22.6. The van der Waals surface area contributed by atoms with E-state index in [1.54, 1.807) is 4.90 Å². The van der Waals surface area contributed by atoms with Gasteiger partial charge in [0.25, 0.3) is 5.91 Å². The van der Waals surface area contributed by atoms with Crippen LogP contribution in [0, 0.1) is 5.82 Å². The second kappa shape index (κ2) is 9.13. The summed E-state index contributed by atoms with van der Waals surface area (Å²) in [5, 5.41) is 0. The number of likely N-dealkylation sites (tertiary alicyclic amines) is 2. The van der Waals surface area contributed by atoms with Crippen molar-refractivity contribution in [3.8, 4) is 5.75 Å². The fraction of sp³-hybridized carbons (Fsp3) is 0.522. The number of nitrogens with zero attached hydrogens (tertiary/aromatic N) is 2. The zero-order valence-electron chi connectivity index (χ0n) is 17.8. The summed E-state index contributed by atoms with van der Waals surface area (Å²) in [4.78, 5) is 17.2. The average molecular weight is 454 g/mol. The molecule has 2 saturated heterocycles. The van der Waals surface area contributed by atoms with E-state index in [0.717, 1.165) is 57.0 Å². The van der Waals surface area contributed by atoms with Crippen LogP contribution in [-0.2, 0) is 12.8 Å². The van der Waals surface area contributed by atoms with E-state index in [2.05, 4.69) is 11.8 Å². The lowest BCUT2D eigenvalue weighted by Crippen LogP contribution is -2.44. The van der Waals surface area contributed by atoms with E-state index in [1.807, 2.05) is 0 Å². The van der Waals surface area contributed by atoms with Gasteiger partial charge < -0.3 is 14.1 Å². The molecule has 2 unspecified atom stereocenters. The Morgan fingerprint density at radius 3 is 2.59 bits per heavy atom. The largest absolute Gasteiger partial charge is 0.486 e. The van der Waals surface area contributed by atoms with Crippen LogP contribution in [0.15, 0.2) is 34.7 Å². The maximum absolute atomic E-state index is 14.7. The number of hydrogen-bond acceptors (Lipinski definition) is 4. The monoisotopic (exact) mass is 454 g/mol. The van der Waals surface area contributed by atoms with Gasteiger partial charge in [0.1, 0.15) is 23.9 Å². The highest BCUT2D eigenvalue weighted by atomic mass is 19.4. The number of rotatable bonds is 6. The summed E-state index contributed by atoms with van der Waals surface area (Å²) in [6.07, 6.45) is -0.461. The number of carbonyl (C=O) groups is 1. The molecule has 2 fully saturated rings. The van der Waals surface area contributed by atoms with Gasteiger partial charge in [0.05, 0.1) is 5.56 Å². The standard InChI is InChI=1S/C23H26F4N2O3/c1-15-4-2-10-28(15)13-16-5-3-11-29(16)22(30)19-8-6-17(12-20(19)24)31-14-18-7-9-21(32-18)23(25,26)27/h6-9,12,15-16H,2-5,10-11,13-14H2,1H3. The smallest absolute Gasteiger partial charge is 0.449 e.